The van der Waals surface area contributed by atoms with Crippen LogP contribution in [0.2, 0.25) is 0 Å². The molecular formula is C14H32N2O2. The zero-order valence-electron chi connectivity index (χ0n) is 13.1. The Bertz CT molecular complexity index is 212. The molecule has 0 aromatic rings. The van der Waals surface area contributed by atoms with Crippen LogP contribution in [-0.2, 0) is 9.47 Å². The largest absolute Gasteiger partial charge is 0.385 e. The van der Waals surface area contributed by atoms with Gasteiger partial charge in [-0.05, 0) is 25.7 Å². The van der Waals surface area contributed by atoms with Gasteiger partial charge < -0.3 is 20.1 Å². The average molecular weight is 260 g/mol. The van der Waals surface area contributed by atoms with Crippen molar-refractivity contribution in [2.75, 3.05) is 47.1 Å². The summed E-state index contributed by atoms with van der Waals surface area (Å²) in [6.07, 6.45) is 1.04. The Morgan fingerprint density at radius 1 is 0.944 bits per heavy atom. The highest BCUT2D eigenvalue weighted by Gasteiger charge is 2.34. The number of ether oxygens (including phenoxy) is 2. The molecule has 0 amide bonds. The van der Waals surface area contributed by atoms with Gasteiger partial charge in [0, 0.05) is 46.0 Å². The first-order valence-electron chi connectivity index (χ1n) is 6.73. The van der Waals surface area contributed by atoms with E-state index in [0.717, 1.165) is 39.3 Å². The summed E-state index contributed by atoms with van der Waals surface area (Å²) in [5, 5.41) is 0. The maximum atomic E-state index is 6.26. The van der Waals surface area contributed by atoms with Crippen molar-refractivity contribution in [3.63, 3.8) is 0 Å². The molecule has 2 N–H and O–H groups in total. The predicted octanol–water partition coefficient (Wildman–Crippen LogP) is 1.73. The Labute approximate surface area is 113 Å². The fraction of sp³-hybridized carbons (Fsp3) is 1.00. The third-order valence-corrected chi connectivity index (χ3v) is 3.80. The molecule has 0 aromatic carbocycles. The lowest BCUT2D eigenvalue weighted by atomic mass is 9.75. The molecule has 0 fully saturated rings. The van der Waals surface area contributed by atoms with Gasteiger partial charge in [0.15, 0.2) is 0 Å². The van der Waals surface area contributed by atoms with Gasteiger partial charge in [-0.1, -0.05) is 13.8 Å². The van der Waals surface area contributed by atoms with Crippen LogP contribution in [0, 0.1) is 5.41 Å². The summed E-state index contributed by atoms with van der Waals surface area (Å²) >= 11 is 0. The first-order valence-corrected chi connectivity index (χ1v) is 6.73. The highest BCUT2D eigenvalue weighted by Crippen LogP contribution is 2.29. The van der Waals surface area contributed by atoms with Crippen LogP contribution < -0.4 is 5.73 Å². The first-order chi connectivity index (χ1) is 8.24. The van der Waals surface area contributed by atoms with Crippen molar-refractivity contribution < 1.29 is 9.47 Å². The number of hydrogen-bond donors (Lipinski definition) is 1. The van der Waals surface area contributed by atoms with Crippen LogP contribution in [0.3, 0.4) is 0 Å². The normalized spacial score (nSPS) is 13.3. The van der Waals surface area contributed by atoms with E-state index in [0.29, 0.717) is 0 Å². The third-order valence-electron chi connectivity index (χ3n) is 3.80. The molecule has 0 aliphatic carbocycles. The maximum Gasteiger partial charge on any atom is 0.0589 e. The smallest absolute Gasteiger partial charge is 0.0589 e. The second-order valence-electron chi connectivity index (χ2n) is 6.22. The standard InChI is InChI=1S/C14H32N2O2/c1-13(2,14(3,4)15)12-16(9-11-18-6)8-7-10-17-5/h7-12,15H2,1-6H3. The van der Waals surface area contributed by atoms with Crippen molar-refractivity contribution >= 4 is 0 Å². The molecule has 0 spiro atoms. The highest BCUT2D eigenvalue weighted by molar-refractivity contribution is 4.92. The lowest BCUT2D eigenvalue weighted by Gasteiger charge is -2.42. The van der Waals surface area contributed by atoms with E-state index in [1.807, 2.05) is 0 Å². The van der Waals surface area contributed by atoms with Crippen LogP contribution in [-0.4, -0.2) is 57.5 Å². The molecule has 0 bridgehead atoms. The molecule has 0 aliphatic heterocycles. The number of hydrogen-bond acceptors (Lipinski definition) is 4. The molecule has 0 aliphatic rings. The molecular weight excluding hydrogens is 228 g/mol. The van der Waals surface area contributed by atoms with E-state index >= 15 is 0 Å². The molecule has 0 aromatic heterocycles. The lowest BCUT2D eigenvalue weighted by Crippen LogP contribution is -2.53. The minimum Gasteiger partial charge on any atom is -0.385 e. The number of nitrogens with two attached hydrogens (primary N) is 1. The molecule has 0 saturated heterocycles. The monoisotopic (exact) mass is 260 g/mol. The van der Waals surface area contributed by atoms with Gasteiger partial charge in [0.25, 0.3) is 0 Å². The van der Waals surface area contributed by atoms with Gasteiger partial charge >= 0.3 is 0 Å². The molecule has 18 heavy (non-hydrogen) atoms. The second-order valence-corrected chi connectivity index (χ2v) is 6.22. The number of methoxy groups -OCH3 is 2. The zero-order valence-corrected chi connectivity index (χ0v) is 13.1. The van der Waals surface area contributed by atoms with Gasteiger partial charge in [0.05, 0.1) is 6.61 Å². The van der Waals surface area contributed by atoms with Crippen molar-refractivity contribution in [2.45, 2.75) is 39.7 Å². The summed E-state index contributed by atoms with van der Waals surface area (Å²) in [5.74, 6) is 0. The lowest BCUT2D eigenvalue weighted by molar-refractivity contribution is 0.0783. The van der Waals surface area contributed by atoms with Gasteiger partial charge in [0.1, 0.15) is 0 Å². The first kappa shape index (κ1) is 17.8. The molecule has 0 heterocycles. The van der Waals surface area contributed by atoms with Crippen LogP contribution in [0.25, 0.3) is 0 Å². The SMILES string of the molecule is COCCCN(CCOC)CC(C)(C)C(C)(C)N. The van der Waals surface area contributed by atoms with Gasteiger partial charge in [0.2, 0.25) is 0 Å². The molecule has 0 rings (SSSR count). The fourth-order valence-electron chi connectivity index (χ4n) is 1.69. The summed E-state index contributed by atoms with van der Waals surface area (Å²) in [6, 6.07) is 0. The fourth-order valence-corrected chi connectivity index (χ4v) is 1.69. The third kappa shape index (κ3) is 6.69. The minimum atomic E-state index is -0.195. The minimum absolute atomic E-state index is 0.0633. The number of nitrogens with zero attached hydrogens (tertiary/aromatic N) is 1. The van der Waals surface area contributed by atoms with Crippen molar-refractivity contribution in [3.05, 3.63) is 0 Å². The number of rotatable bonds is 10. The van der Waals surface area contributed by atoms with E-state index < -0.39 is 0 Å². The summed E-state index contributed by atoms with van der Waals surface area (Å²) in [5.41, 5.74) is 6.13. The Kier molecular flexibility index (Phi) is 8.03. The average Bonchev–Trinajstić information content (AvgIpc) is 2.24. The quantitative estimate of drug-likeness (QED) is 0.608. The zero-order chi connectivity index (χ0) is 14.2. The summed E-state index contributed by atoms with van der Waals surface area (Å²) in [4.78, 5) is 2.41. The van der Waals surface area contributed by atoms with Gasteiger partial charge in [-0.15, -0.1) is 0 Å². The van der Waals surface area contributed by atoms with Crippen LogP contribution >= 0.6 is 0 Å². The Morgan fingerprint density at radius 3 is 1.94 bits per heavy atom. The van der Waals surface area contributed by atoms with Crippen molar-refractivity contribution in [1.29, 1.82) is 0 Å². The molecule has 4 nitrogen and oxygen atoms in total. The van der Waals surface area contributed by atoms with E-state index in [1.54, 1.807) is 14.2 Å². The van der Waals surface area contributed by atoms with E-state index in [-0.39, 0.29) is 11.0 Å². The summed E-state index contributed by atoms with van der Waals surface area (Å²) in [7, 11) is 3.48. The Hall–Kier alpha value is -0.160. The van der Waals surface area contributed by atoms with Crippen molar-refractivity contribution in [3.8, 4) is 0 Å². The van der Waals surface area contributed by atoms with Gasteiger partial charge in [-0.25, -0.2) is 0 Å². The summed E-state index contributed by atoms with van der Waals surface area (Å²) < 4.78 is 10.3. The van der Waals surface area contributed by atoms with Crippen LogP contribution in [0.5, 0.6) is 0 Å². The van der Waals surface area contributed by atoms with Crippen LogP contribution in [0.15, 0.2) is 0 Å². The van der Waals surface area contributed by atoms with Crippen LogP contribution in [0.4, 0.5) is 0 Å². The summed E-state index contributed by atoms with van der Waals surface area (Å²) in [6.45, 7) is 13.1. The van der Waals surface area contributed by atoms with E-state index in [2.05, 4.69) is 32.6 Å². The molecule has 0 unspecified atom stereocenters. The Morgan fingerprint density at radius 2 is 1.50 bits per heavy atom. The van der Waals surface area contributed by atoms with Crippen molar-refractivity contribution in [1.82, 2.24) is 4.90 Å². The second kappa shape index (κ2) is 8.10. The van der Waals surface area contributed by atoms with E-state index in [1.165, 1.54) is 0 Å². The van der Waals surface area contributed by atoms with Crippen molar-refractivity contribution in [2.24, 2.45) is 11.1 Å². The predicted molar refractivity (Wildman–Crippen MR) is 76.9 cm³/mol. The molecule has 4 heteroatoms. The molecule has 0 saturated carbocycles. The van der Waals surface area contributed by atoms with E-state index in [4.69, 9.17) is 15.2 Å². The van der Waals surface area contributed by atoms with Gasteiger partial charge in [-0.3, -0.25) is 0 Å². The Balaban J connectivity index is 4.37. The molecule has 0 atom stereocenters. The van der Waals surface area contributed by atoms with Gasteiger partial charge in [-0.2, -0.15) is 0 Å². The molecule has 110 valence electrons. The highest BCUT2D eigenvalue weighted by atomic mass is 16.5. The van der Waals surface area contributed by atoms with E-state index in [9.17, 15) is 0 Å². The topological polar surface area (TPSA) is 47.7 Å². The maximum absolute atomic E-state index is 6.26. The molecule has 0 radical (unpaired) electrons. The van der Waals surface area contributed by atoms with Crippen LogP contribution in [0.1, 0.15) is 34.1 Å².